The van der Waals surface area contributed by atoms with Gasteiger partial charge in [0.1, 0.15) is 12.3 Å². The number of carboxylic acids is 1. The molecular formula is C24H29N3O6. The summed E-state index contributed by atoms with van der Waals surface area (Å²) in [4.78, 5) is 36.0. The number of aliphatic carboxylic acids is 1. The number of aliphatic hydroxyl groups excluding tert-OH is 1. The van der Waals surface area contributed by atoms with E-state index in [9.17, 15) is 14.7 Å². The first-order valence-corrected chi connectivity index (χ1v) is 10.7. The van der Waals surface area contributed by atoms with Crippen molar-refractivity contribution in [2.24, 2.45) is 0 Å². The molecule has 9 nitrogen and oxygen atoms in total. The summed E-state index contributed by atoms with van der Waals surface area (Å²) in [6.45, 7) is 3.83. The lowest BCUT2D eigenvalue weighted by molar-refractivity contribution is -0.134. The Hall–Kier alpha value is -3.43. The number of β-amino-alcohol motifs (C(OH)–C–C–N with tert-alkyl or cyclic N) is 1. The second kappa shape index (κ2) is 10.5. The van der Waals surface area contributed by atoms with E-state index in [2.05, 4.69) is 10.6 Å². The Kier molecular flexibility index (Phi) is 7.67. The SMILES string of the molecule is CC(=O)O.Cc1ccc2c(c1)N(CC(=O)N[C@@]1(c3ccccc3)CCNC[C@H]1O)C(=O)CO2. The van der Waals surface area contributed by atoms with Gasteiger partial charge >= 0.3 is 0 Å². The highest BCUT2D eigenvalue weighted by atomic mass is 16.5. The van der Waals surface area contributed by atoms with Crippen molar-refractivity contribution in [3.05, 3.63) is 59.7 Å². The fraction of sp³-hybridized carbons (Fsp3) is 0.375. The van der Waals surface area contributed by atoms with Gasteiger partial charge in [0.25, 0.3) is 11.9 Å². The quantitative estimate of drug-likeness (QED) is 0.545. The molecule has 0 unspecified atom stereocenters. The maximum Gasteiger partial charge on any atom is 0.300 e. The number of carbonyl (C=O) groups is 3. The number of piperidine rings is 1. The van der Waals surface area contributed by atoms with E-state index in [0.29, 0.717) is 30.9 Å². The highest BCUT2D eigenvalue weighted by Crippen LogP contribution is 2.34. The van der Waals surface area contributed by atoms with Gasteiger partial charge in [-0.2, -0.15) is 0 Å². The Morgan fingerprint density at radius 3 is 2.61 bits per heavy atom. The third kappa shape index (κ3) is 5.68. The molecule has 0 aliphatic carbocycles. The molecule has 1 saturated heterocycles. The molecule has 2 aliphatic rings. The van der Waals surface area contributed by atoms with Crippen molar-refractivity contribution in [2.75, 3.05) is 31.1 Å². The summed E-state index contributed by atoms with van der Waals surface area (Å²) < 4.78 is 5.49. The topological polar surface area (TPSA) is 128 Å². The minimum atomic E-state index is -0.894. The predicted molar refractivity (Wildman–Crippen MR) is 122 cm³/mol. The summed E-state index contributed by atoms with van der Waals surface area (Å²) in [5, 5.41) is 24.4. The van der Waals surface area contributed by atoms with E-state index in [1.54, 1.807) is 0 Å². The molecule has 2 aliphatic heterocycles. The number of ether oxygens (including phenoxy) is 1. The van der Waals surface area contributed by atoms with Gasteiger partial charge in [0.15, 0.2) is 6.61 Å². The summed E-state index contributed by atoms with van der Waals surface area (Å²) >= 11 is 0. The number of nitrogens with zero attached hydrogens (tertiary/aromatic N) is 1. The number of aliphatic hydroxyl groups is 1. The van der Waals surface area contributed by atoms with E-state index in [1.165, 1.54) is 4.90 Å². The fourth-order valence-corrected chi connectivity index (χ4v) is 4.07. The van der Waals surface area contributed by atoms with Crippen LogP contribution in [0.25, 0.3) is 0 Å². The van der Waals surface area contributed by atoms with Crippen molar-refractivity contribution in [2.45, 2.75) is 31.9 Å². The van der Waals surface area contributed by atoms with Gasteiger partial charge in [-0.25, -0.2) is 0 Å². The van der Waals surface area contributed by atoms with Gasteiger partial charge in [-0.15, -0.1) is 0 Å². The van der Waals surface area contributed by atoms with Crippen LogP contribution < -0.4 is 20.3 Å². The first-order valence-electron chi connectivity index (χ1n) is 10.7. The number of carboxylic acid groups (broad SMARTS) is 1. The number of nitrogens with one attached hydrogen (secondary N) is 2. The summed E-state index contributed by atoms with van der Waals surface area (Å²) in [7, 11) is 0. The molecule has 33 heavy (non-hydrogen) atoms. The number of anilines is 1. The van der Waals surface area contributed by atoms with Crippen LogP contribution in [-0.2, 0) is 19.9 Å². The van der Waals surface area contributed by atoms with E-state index in [0.717, 1.165) is 18.1 Å². The molecule has 4 N–H and O–H groups in total. The molecular weight excluding hydrogens is 426 g/mol. The first-order chi connectivity index (χ1) is 15.7. The molecule has 0 aromatic heterocycles. The number of fused-ring (bicyclic) bond motifs is 1. The average Bonchev–Trinajstić information content (AvgIpc) is 2.78. The number of hydrogen-bond acceptors (Lipinski definition) is 6. The van der Waals surface area contributed by atoms with E-state index in [1.807, 2.05) is 55.5 Å². The lowest BCUT2D eigenvalue weighted by Crippen LogP contribution is -2.62. The minimum absolute atomic E-state index is 0.0975. The van der Waals surface area contributed by atoms with Crippen LogP contribution in [0.2, 0.25) is 0 Å². The Bertz CT molecular complexity index is 1010. The van der Waals surface area contributed by atoms with Crippen LogP contribution in [0.4, 0.5) is 5.69 Å². The summed E-state index contributed by atoms with van der Waals surface area (Å²) in [6.07, 6.45) is -0.228. The molecule has 0 radical (unpaired) electrons. The zero-order valence-corrected chi connectivity index (χ0v) is 18.7. The Labute approximate surface area is 192 Å². The molecule has 2 atom stereocenters. The van der Waals surface area contributed by atoms with E-state index >= 15 is 0 Å². The molecule has 0 bridgehead atoms. The van der Waals surface area contributed by atoms with Crippen LogP contribution in [0.5, 0.6) is 5.75 Å². The molecule has 9 heteroatoms. The Morgan fingerprint density at radius 1 is 1.24 bits per heavy atom. The fourth-order valence-electron chi connectivity index (χ4n) is 4.07. The summed E-state index contributed by atoms with van der Waals surface area (Å²) in [5.74, 6) is -0.835. The number of carbonyl (C=O) groups excluding carboxylic acids is 2. The van der Waals surface area contributed by atoms with Gasteiger partial charge in [0.05, 0.1) is 17.3 Å². The standard InChI is InChI=1S/C22H25N3O4.C2H4O2/c1-15-7-8-18-17(11-15)25(21(28)14-29-18)13-20(27)24-22(9-10-23-12-19(22)26)16-5-3-2-4-6-16;1-2(3)4/h2-8,11,19,23,26H,9-10,12-14H2,1H3,(H,24,27);1H3,(H,3,4)/t19-,22-;/m1./s1. The van der Waals surface area contributed by atoms with Crippen molar-refractivity contribution >= 4 is 23.5 Å². The molecule has 1 fully saturated rings. The molecule has 2 aromatic carbocycles. The predicted octanol–water partition coefficient (Wildman–Crippen LogP) is 1.18. The van der Waals surface area contributed by atoms with E-state index in [4.69, 9.17) is 14.6 Å². The van der Waals surface area contributed by atoms with Crippen LogP contribution in [-0.4, -0.2) is 60.3 Å². The van der Waals surface area contributed by atoms with Gasteiger partial charge in [-0.05, 0) is 43.1 Å². The average molecular weight is 456 g/mol. The molecule has 0 saturated carbocycles. The van der Waals surface area contributed by atoms with Gasteiger partial charge in [-0.3, -0.25) is 19.3 Å². The van der Waals surface area contributed by atoms with Crippen LogP contribution in [0, 0.1) is 6.92 Å². The number of amides is 2. The van der Waals surface area contributed by atoms with Crippen molar-refractivity contribution in [1.29, 1.82) is 0 Å². The molecule has 2 aromatic rings. The normalized spacial score (nSPS) is 21.7. The smallest absolute Gasteiger partial charge is 0.300 e. The maximum absolute atomic E-state index is 13.1. The lowest BCUT2D eigenvalue weighted by atomic mass is 9.79. The van der Waals surface area contributed by atoms with Crippen LogP contribution in [0.3, 0.4) is 0 Å². The zero-order valence-electron chi connectivity index (χ0n) is 18.7. The maximum atomic E-state index is 13.1. The Morgan fingerprint density at radius 2 is 1.94 bits per heavy atom. The summed E-state index contributed by atoms with van der Waals surface area (Å²) in [5.41, 5.74) is 1.53. The van der Waals surface area contributed by atoms with Crippen molar-refractivity contribution < 1.29 is 29.3 Å². The minimum Gasteiger partial charge on any atom is -0.482 e. The highest BCUT2D eigenvalue weighted by Gasteiger charge is 2.43. The van der Waals surface area contributed by atoms with Crippen LogP contribution >= 0.6 is 0 Å². The lowest BCUT2D eigenvalue weighted by Gasteiger charge is -2.43. The van der Waals surface area contributed by atoms with Crippen LogP contribution in [0.1, 0.15) is 24.5 Å². The van der Waals surface area contributed by atoms with Crippen molar-refractivity contribution in [3.8, 4) is 5.75 Å². The van der Waals surface area contributed by atoms with E-state index < -0.39 is 17.6 Å². The third-order valence-electron chi connectivity index (χ3n) is 5.61. The third-order valence-corrected chi connectivity index (χ3v) is 5.61. The zero-order chi connectivity index (χ0) is 24.0. The first kappa shape index (κ1) is 24.2. The van der Waals surface area contributed by atoms with Crippen LogP contribution in [0.15, 0.2) is 48.5 Å². The summed E-state index contributed by atoms with van der Waals surface area (Å²) in [6, 6.07) is 15.1. The van der Waals surface area contributed by atoms with Gasteiger partial charge in [-0.1, -0.05) is 36.4 Å². The molecule has 2 heterocycles. The number of rotatable bonds is 4. The largest absolute Gasteiger partial charge is 0.482 e. The second-order valence-electron chi connectivity index (χ2n) is 8.11. The highest BCUT2D eigenvalue weighted by molar-refractivity contribution is 6.02. The number of benzene rings is 2. The Balaban J connectivity index is 0.000000709. The van der Waals surface area contributed by atoms with Gasteiger partial charge < -0.3 is 25.6 Å². The molecule has 2 amide bonds. The monoisotopic (exact) mass is 455 g/mol. The van der Waals surface area contributed by atoms with E-state index in [-0.39, 0.29) is 25.0 Å². The van der Waals surface area contributed by atoms with Crippen molar-refractivity contribution in [1.82, 2.24) is 10.6 Å². The van der Waals surface area contributed by atoms with Crippen molar-refractivity contribution in [3.63, 3.8) is 0 Å². The molecule has 0 spiro atoms. The number of aryl methyl sites for hydroxylation is 1. The second-order valence-corrected chi connectivity index (χ2v) is 8.11. The van der Waals surface area contributed by atoms with Gasteiger partial charge in [0.2, 0.25) is 5.91 Å². The molecule has 4 rings (SSSR count). The van der Waals surface area contributed by atoms with Gasteiger partial charge in [0, 0.05) is 13.5 Å². The molecule has 176 valence electrons. The number of hydrogen-bond donors (Lipinski definition) is 4.